The van der Waals surface area contributed by atoms with Gasteiger partial charge in [0.25, 0.3) is 5.91 Å². The first kappa shape index (κ1) is 25.9. The number of nitrogens with one attached hydrogen (secondary N) is 2. The molecule has 0 atom stereocenters. The number of amides is 2. The van der Waals surface area contributed by atoms with Crippen molar-refractivity contribution < 1.29 is 9.59 Å². The number of halogens is 2. The molecule has 0 spiro atoms. The van der Waals surface area contributed by atoms with E-state index >= 15 is 0 Å². The second-order valence-electron chi connectivity index (χ2n) is 6.12. The normalized spacial score (nSPS) is 9.61. The van der Waals surface area contributed by atoms with Gasteiger partial charge < -0.3 is 16.4 Å². The Labute approximate surface area is 178 Å². The fourth-order valence-electron chi connectivity index (χ4n) is 2.48. The molecular weight excluding hydrogens is 399 g/mol. The fraction of sp³-hybridized carbons (Fsp3) is 0.350. The van der Waals surface area contributed by atoms with E-state index in [9.17, 15) is 9.59 Å². The predicted molar refractivity (Wildman–Crippen MR) is 117 cm³/mol. The first-order chi connectivity index (χ1) is 12.7. The highest BCUT2D eigenvalue weighted by Crippen LogP contribution is 2.11. The third-order valence-corrected chi connectivity index (χ3v) is 3.98. The van der Waals surface area contributed by atoms with Gasteiger partial charge in [-0.15, -0.1) is 24.8 Å². The molecule has 0 aliphatic heterocycles. The topological polar surface area (TPSA) is 97.1 Å². The monoisotopic (exact) mass is 426 g/mol. The Bertz CT molecular complexity index is 697. The molecule has 154 valence electrons. The van der Waals surface area contributed by atoms with E-state index in [1.807, 2.05) is 24.3 Å². The van der Waals surface area contributed by atoms with Crippen LogP contribution in [0.25, 0.3) is 0 Å². The highest BCUT2D eigenvalue weighted by atomic mass is 35.5. The van der Waals surface area contributed by atoms with Gasteiger partial charge in [-0.2, -0.15) is 0 Å². The number of nitrogens with zero attached hydrogens (tertiary/aromatic N) is 1. The van der Waals surface area contributed by atoms with Crippen LogP contribution in [0.5, 0.6) is 0 Å². The van der Waals surface area contributed by atoms with Crippen molar-refractivity contribution in [3.8, 4) is 0 Å². The summed E-state index contributed by atoms with van der Waals surface area (Å²) in [5.41, 5.74) is 7.64. The van der Waals surface area contributed by atoms with Crippen molar-refractivity contribution in [2.75, 3.05) is 11.9 Å². The number of rotatable bonds is 10. The minimum Gasteiger partial charge on any atom is -0.352 e. The minimum absolute atomic E-state index is 0. The smallest absolute Gasteiger partial charge is 0.257 e. The lowest BCUT2D eigenvalue weighted by Crippen LogP contribution is -2.22. The van der Waals surface area contributed by atoms with Crippen LogP contribution in [0.4, 0.5) is 5.69 Å². The molecule has 4 N–H and O–H groups in total. The maximum atomic E-state index is 12.1. The molecule has 1 aromatic heterocycles. The Hall–Kier alpha value is -2.15. The first-order valence-corrected chi connectivity index (χ1v) is 8.96. The van der Waals surface area contributed by atoms with Gasteiger partial charge in [0.05, 0.1) is 5.56 Å². The van der Waals surface area contributed by atoms with Gasteiger partial charge in [-0.25, -0.2) is 0 Å². The van der Waals surface area contributed by atoms with Gasteiger partial charge >= 0.3 is 0 Å². The number of pyridine rings is 1. The Morgan fingerprint density at radius 2 is 1.68 bits per heavy atom. The number of hydrogen-bond donors (Lipinski definition) is 3. The van der Waals surface area contributed by atoms with E-state index in [0.29, 0.717) is 30.8 Å². The van der Waals surface area contributed by atoms with E-state index in [4.69, 9.17) is 5.73 Å². The second kappa shape index (κ2) is 14.9. The summed E-state index contributed by atoms with van der Waals surface area (Å²) in [5, 5.41) is 5.74. The molecule has 0 aliphatic rings. The van der Waals surface area contributed by atoms with Crippen molar-refractivity contribution in [1.29, 1.82) is 0 Å². The number of carbonyl (C=O) groups excluding carboxylic acids is 2. The molecule has 0 fully saturated rings. The SMILES string of the molecule is Cl.Cl.NCCCCCCC(=O)NCc1ccc(NC(=O)c2cccnc2)cc1. The first-order valence-electron chi connectivity index (χ1n) is 8.96. The van der Waals surface area contributed by atoms with Crippen molar-refractivity contribution in [2.24, 2.45) is 5.73 Å². The molecule has 0 saturated heterocycles. The van der Waals surface area contributed by atoms with Crippen LogP contribution in [0.15, 0.2) is 48.8 Å². The van der Waals surface area contributed by atoms with Crippen LogP contribution in [0, 0.1) is 0 Å². The summed E-state index contributed by atoms with van der Waals surface area (Å²) in [5.74, 6) is -0.138. The Morgan fingerprint density at radius 1 is 0.964 bits per heavy atom. The zero-order valence-corrected chi connectivity index (χ0v) is 17.4. The lowest BCUT2D eigenvalue weighted by atomic mass is 10.1. The van der Waals surface area contributed by atoms with E-state index in [1.54, 1.807) is 18.3 Å². The van der Waals surface area contributed by atoms with E-state index in [0.717, 1.165) is 31.2 Å². The average Bonchev–Trinajstić information content (AvgIpc) is 2.68. The van der Waals surface area contributed by atoms with Crippen LogP contribution in [-0.4, -0.2) is 23.3 Å². The van der Waals surface area contributed by atoms with Crippen LogP contribution >= 0.6 is 24.8 Å². The zero-order chi connectivity index (χ0) is 18.6. The van der Waals surface area contributed by atoms with Gasteiger partial charge in [-0.3, -0.25) is 14.6 Å². The summed E-state index contributed by atoms with van der Waals surface area (Å²) >= 11 is 0. The largest absolute Gasteiger partial charge is 0.352 e. The molecule has 8 heteroatoms. The van der Waals surface area contributed by atoms with Gasteiger partial charge in [-0.05, 0) is 49.2 Å². The van der Waals surface area contributed by atoms with Crippen LogP contribution < -0.4 is 16.4 Å². The van der Waals surface area contributed by atoms with Gasteiger partial charge in [0.2, 0.25) is 5.91 Å². The summed E-state index contributed by atoms with van der Waals surface area (Å²) in [6.07, 6.45) is 7.72. The molecule has 6 nitrogen and oxygen atoms in total. The van der Waals surface area contributed by atoms with Crippen molar-refractivity contribution in [1.82, 2.24) is 10.3 Å². The minimum atomic E-state index is -0.200. The lowest BCUT2D eigenvalue weighted by molar-refractivity contribution is -0.121. The highest BCUT2D eigenvalue weighted by Gasteiger charge is 2.06. The van der Waals surface area contributed by atoms with Gasteiger partial charge in [0, 0.05) is 31.0 Å². The number of benzene rings is 1. The number of aromatic nitrogens is 1. The quantitative estimate of drug-likeness (QED) is 0.504. The van der Waals surface area contributed by atoms with Crippen molar-refractivity contribution in [3.05, 3.63) is 59.9 Å². The maximum Gasteiger partial charge on any atom is 0.257 e. The van der Waals surface area contributed by atoms with Crippen LogP contribution in [0.1, 0.15) is 48.0 Å². The van der Waals surface area contributed by atoms with E-state index in [2.05, 4.69) is 15.6 Å². The number of unbranched alkanes of at least 4 members (excludes halogenated alkanes) is 3. The molecule has 0 radical (unpaired) electrons. The number of anilines is 1. The third-order valence-electron chi connectivity index (χ3n) is 3.98. The molecular formula is C20H28Cl2N4O2. The number of nitrogens with two attached hydrogens (primary N) is 1. The number of hydrogen-bond acceptors (Lipinski definition) is 4. The summed E-state index contributed by atoms with van der Waals surface area (Å²) in [4.78, 5) is 27.8. The van der Waals surface area contributed by atoms with E-state index < -0.39 is 0 Å². The summed E-state index contributed by atoms with van der Waals surface area (Å²) in [7, 11) is 0. The molecule has 1 aromatic carbocycles. The molecule has 2 rings (SSSR count). The molecule has 2 amide bonds. The predicted octanol–water partition coefficient (Wildman–Crippen LogP) is 3.70. The molecule has 0 bridgehead atoms. The summed E-state index contributed by atoms with van der Waals surface area (Å²) in [6.45, 7) is 1.20. The zero-order valence-electron chi connectivity index (χ0n) is 15.7. The Morgan fingerprint density at radius 3 is 2.32 bits per heavy atom. The van der Waals surface area contributed by atoms with E-state index in [-0.39, 0.29) is 36.6 Å². The highest BCUT2D eigenvalue weighted by molar-refractivity contribution is 6.04. The van der Waals surface area contributed by atoms with Crippen LogP contribution in [0.2, 0.25) is 0 Å². The molecule has 2 aromatic rings. The number of carbonyl (C=O) groups is 2. The molecule has 0 unspecified atom stereocenters. The fourth-order valence-corrected chi connectivity index (χ4v) is 2.48. The van der Waals surface area contributed by atoms with Crippen molar-refractivity contribution >= 4 is 42.3 Å². The lowest BCUT2D eigenvalue weighted by Gasteiger charge is -2.08. The molecule has 0 aliphatic carbocycles. The second-order valence-corrected chi connectivity index (χ2v) is 6.12. The molecule has 0 saturated carbocycles. The van der Waals surface area contributed by atoms with Crippen molar-refractivity contribution in [3.63, 3.8) is 0 Å². The van der Waals surface area contributed by atoms with E-state index in [1.165, 1.54) is 6.20 Å². The third kappa shape index (κ3) is 9.69. The molecule has 28 heavy (non-hydrogen) atoms. The summed E-state index contributed by atoms with van der Waals surface area (Å²) < 4.78 is 0. The summed E-state index contributed by atoms with van der Waals surface area (Å²) in [6, 6.07) is 10.9. The van der Waals surface area contributed by atoms with Crippen LogP contribution in [0.3, 0.4) is 0 Å². The van der Waals surface area contributed by atoms with Gasteiger partial charge in [0.15, 0.2) is 0 Å². The Balaban J connectivity index is 0.00000364. The van der Waals surface area contributed by atoms with Gasteiger partial charge in [-0.1, -0.05) is 25.0 Å². The molecule has 1 heterocycles. The standard InChI is InChI=1S/C20H26N4O2.2ClH/c21-12-4-2-1-3-7-19(25)23-14-16-8-10-18(11-9-16)24-20(26)17-6-5-13-22-15-17;;/h5-6,8-11,13,15H,1-4,7,12,14,21H2,(H,23,25)(H,24,26);2*1H. The Kier molecular flexibility index (Phi) is 13.7. The average molecular weight is 427 g/mol. The van der Waals surface area contributed by atoms with Gasteiger partial charge in [0.1, 0.15) is 0 Å². The van der Waals surface area contributed by atoms with Crippen molar-refractivity contribution in [2.45, 2.75) is 38.6 Å². The maximum absolute atomic E-state index is 12.1. The van der Waals surface area contributed by atoms with Crippen LogP contribution in [-0.2, 0) is 11.3 Å².